The zero-order valence-electron chi connectivity index (χ0n) is 20.8. The molecular formula is C24H43NO10. The van der Waals surface area contributed by atoms with Gasteiger partial charge in [-0.1, -0.05) is 12.2 Å². The zero-order valence-corrected chi connectivity index (χ0v) is 20.8. The van der Waals surface area contributed by atoms with Crippen LogP contribution in [-0.4, -0.2) is 109 Å². The fraction of sp³-hybridized carbons (Fsp3) is 0.833. The summed E-state index contributed by atoms with van der Waals surface area (Å²) < 4.78 is 37.5. The minimum atomic E-state index is -0.875. The van der Waals surface area contributed by atoms with Gasteiger partial charge in [0, 0.05) is 6.54 Å². The number of carboxylic acid groups (broad SMARTS) is 1. The molecule has 1 atom stereocenters. The van der Waals surface area contributed by atoms with Crippen LogP contribution in [0.4, 0.5) is 4.79 Å². The number of hydrogen-bond donors (Lipinski definition) is 2. The molecule has 0 heterocycles. The summed E-state index contributed by atoms with van der Waals surface area (Å²) in [5.41, 5.74) is 0. The number of alkyl carbamates (subject to hydrolysis) is 1. The molecule has 2 N–H and O–H groups in total. The lowest BCUT2D eigenvalue weighted by atomic mass is 10.0. The van der Waals surface area contributed by atoms with Crippen LogP contribution in [0, 0.1) is 0 Å². The molecule has 1 rings (SSSR count). The van der Waals surface area contributed by atoms with Crippen LogP contribution in [0.5, 0.6) is 0 Å². The van der Waals surface area contributed by atoms with E-state index in [2.05, 4.69) is 17.5 Å². The van der Waals surface area contributed by atoms with Crippen molar-refractivity contribution in [1.82, 2.24) is 5.32 Å². The summed E-state index contributed by atoms with van der Waals surface area (Å²) in [5.74, 6) is -0.875. The summed E-state index contributed by atoms with van der Waals surface area (Å²) in [6, 6.07) is 0. The Hall–Kier alpha value is -1.76. The minimum absolute atomic E-state index is 0.00202. The third kappa shape index (κ3) is 22.4. The Bertz CT molecular complexity index is 546. The molecule has 0 aromatic heterocycles. The van der Waals surface area contributed by atoms with E-state index < -0.39 is 5.97 Å². The zero-order chi connectivity index (χ0) is 25.2. The van der Waals surface area contributed by atoms with Gasteiger partial charge < -0.3 is 43.6 Å². The number of hydrogen-bond acceptors (Lipinski definition) is 9. The van der Waals surface area contributed by atoms with Crippen LogP contribution in [0.25, 0.3) is 0 Å². The second kappa shape index (κ2) is 24.0. The van der Waals surface area contributed by atoms with E-state index in [0.717, 1.165) is 32.1 Å². The van der Waals surface area contributed by atoms with Crippen LogP contribution in [0.3, 0.4) is 0 Å². The molecule has 0 spiro atoms. The van der Waals surface area contributed by atoms with Crippen LogP contribution in [0.15, 0.2) is 12.2 Å². The molecule has 0 saturated heterocycles. The van der Waals surface area contributed by atoms with Gasteiger partial charge in [0.05, 0.1) is 85.7 Å². The van der Waals surface area contributed by atoms with Gasteiger partial charge >= 0.3 is 12.1 Å². The van der Waals surface area contributed by atoms with Gasteiger partial charge in [-0.15, -0.1) is 0 Å². The highest BCUT2D eigenvalue weighted by atomic mass is 16.6. The predicted octanol–water partition coefficient (Wildman–Crippen LogP) is 2.18. The molecule has 1 aliphatic carbocycles. The van der Waals surface area contributed by atoms with E-state index in [1.807, 2.05) is 0 Å². The van der Waals surface area contributed by atoms with Crippen molar-refractivity contribution in [3.05, 3.63) is 12.2 Å². The Labute approximate surface area is 208 Å². The summed E-state index contributed by atoms with van der Waals surface area (Å²) in [6.07, 6.45) is 8.78. The first-order valence-corrected chi connectivity index (χ1v) is 12.5. The van der Waals surface area contributed by atoms with Crippen molar-refractivity contribution in [2.45, 2.75) is 44.6 Å². The number of amides is 1. The fourth-order valence-electron chi connectivity index (χ4n) is 3.02. The topological polar surface area (TPSA) is 131 Å². The standard InChI is InChI=1S/C24H43NO10/c26-23(27)8-10-29-12-14-31-16-18-33-20-21-34-19-17-32-15-13-30-11-9-25-24(28)35-22-6-4-2-1-3-5-7-22/h1-2,22H,3-21H2,(H,25,28)(H,26,27). The molecule has 0 radical (unpaired) electrons. The highest BCUT2D eigenvalue weighted by Gasteiger charge is 2.14. The minimum Gasteiger partial charge on any atom is -0.481 e. The number of rotatable bonds is 22. The van der Waals surface area contributed by atoms with Gasteiger partial charge in [0.1, 0.15) is 6.10 Å². The van der Waals surface area contributed by atoms with Crippen molar-refractivity contribution in [2.24, 2.45) is 0 Å². The second-order valence-electron chi connectivity index (χ2n) is 7.75. The van der Waals surface area contributed by atoms with E-state index >= 15 is 0 Å². The van der Waals surface area contributed by atoms with Gasteiger partial charge in [0.25, 0.3) is 0 Å². The van der Waals surface area contributed by atoms with Crippen molar-refractivity contribution in [3.63, 3.8) is 0 Å². The van der Waals surface area contributed by atoms with Crippen LogP contribution >= 0.6 is 0 Å². The molecule has 0 aliphatic heterocycles. The summed E-state index contributed by atoms with van der Waals surface area (Å²) >= 11 is 0. The number of carbonyl (C=O) groups excluding carboxylic acids is 1. The molecule has 0 saturated carbocycles. The molecule has 1 aliphatic rings. The van der Waals surface area contributed by atoms with E-state index in [1.54, 1.807) is 0 Å². The van der Waals surface area contributed by atoms with Gasteiger partial charge in [-0.2, -0.15) is 0 Å². The fourth-order valence-corrected chi connectivity index (χ4v) is 3.02. The first-order chi connectivity index (χ1) is 17.2. The Morgan fingerprint density at radius 2 is 1.17 bits per heavy atom. The predicted molar refractivity (Wildman–Crippen MR) is 128 cm³/mol. The smallest absolute Gasteiger partial charge is 0.407 e. The number of carboxylic acids is 1. The second-order valence-corrected chi connectivity index (χ2v) is 7.75. The van der Waals surface area contributed by atoms with Gasteiger partial charge in [-0.3, -0.25) is 4.79 Å². The molecule has 35 heavy (non-hydrogen) atoms. The summed E-state index contributed by atoms with van der Waals surface area (Å²) in [7, 11) is 0. The van der Waals surface area contributed by atoms with Gasteiger partial charge in [-0.05, 0) is 32.1 Å². The van der Waals surface area contributed by atoms with Crippen molar-refractivity contribution in [2.75, 3.05) is 85.8 Å². The highest BCUT2D eigenvalue weighted by molar-refractivity contribution is 5.67. The van der Waals surface area contributed by atoms with E-state index in [0.29, 0.717) is 79.2 Å². The molecular weight excluding hydrogens is 462 g/mol. The van der Waals surface area contributed by atoms with Crippen LogP contribution in [0.2, 0.25) is 0 Å². The number of allylic oxidation sites excluding steroid dienone is 2. The molecule has 11 nitrogen and oxygen atoms in total. The summed E-state index contributed by atoms with van der Waals surface area (Å²) in [4.78, 5) is 22.1. The molecule has 1 unspecified atom stereocenters. The number of ether oxygens (including phenoxy) is 7. The largest absolute Gasteiger partial charge is 0.481 e. The Kier molecular flexibility index (Phi) is 21.4. The average Bonchev–Trinajstić information content (AvgIpc) is 2.81. The maximum Gasteiger partial charge on any atom is 0.407 e. The number of nitrogens with one attached hydrogen (secondary N) is 1. The van der Waals surface area contributed by atoms with Gasteiger partial charge in [0.2, 0.25) is 0 Å². The summed E-state index contributed by atoms with van der Waals surface area (Å²) in [6.45, 7) is 5.45. The monoisotopic (exact) mass is 505 g/mol. The van der Waals surface area contributed by atoms with E-state index in [-0.39, 0.29) is 25.2 Å². The Balaban J connectivity index is 1.72. The molecule has 0 aromatic carbocycles. The van der Waals surface area contributed by atoms with Gasteiger partial charge in [-0.25, -0.2) is 4.79 Å². The first-order valence-electron chi connectivity index (χ1n) is 12.5. The quantitative estimate of drug-likeness (QED) is 0.167. The molecule has 0 fully saturated rings. The third-order valence-corrected chi connectivity index (χ3v) is 4.83. The molecule has 0 aromatic rings. The van der Waals surface area contributed by atoms with E-state index in [1.165, 1.54) is 0 Å². The lowest BCUT2D eigenvalue weighted by Gasteiger charge is -2.18. The van der Waals surface area contributed by atoms with Crippen molar-refractivity contribution >= 4 is 12.1 Å². The lowest BCUT2D eigenvalue weighted by molar-refractivity contribution is -0.138. The van der Waals surface area contributed by atoms with Crippen LogP contribution < -0.4 is 5.32 Å². The normalized spacial score (nSPS) is 15.9. The molecule has 1 amide bonds. The highest BCUT2D eigenvalue weighted by Crippen LogP contribution is 2.15. The van der Waals surface area contributed by atoms with Crippen molar-refractivity contribution in [1.29, 1.82) is 0 Å². The number of aliphatic carboxylic acids is 1. The Morgan fingerprint density at radius 1 is 0.686 bits per heavy atom. The SMILES string of the molecule is O=C(O)CCOCCOCCOCCOCCOCCOCCNC(=O)OC1CCC=CCCC1. The first kappa shape index (κ1) is 31.3. The van der Waals surface area contributed by atoms with Crippen molar-refractivity contribution in [3.8, 4) is 0 Å². The van der Waals surface area contributed by atoms with Crippen molar-refractivity contribution < 1.29 is 47.9 Å². The average molecular weight is 506 g/mol. The van der Waals surface area contributed by atoms with Crippen LogP contribution in [-0.2, 0) is 38.0 Å². The molecule has 0 bridgehead atoms. The lowest BCUT2D eigenvalue weighted by Crippen LogP contribution is -2.31. The van der Waals surface area contributed by atoms with E-state index in [9.17, 15) is 9.59 Å². The maximum atomic E-state index is 11.8. The molecule has 204 valence electrons. The van der Waals surface area contributed by atoms with E-state index in [4.69, 9.17) is 38.3 Å². The Morgan fingerprint density at radius 3 is 1.71 bits per heavy atom. The maximum absolute atomic E-state index is 11.8. The summed E-state index contributed by atoms with van der Waals surface area (Å²) in [5, 5.41) is 11.2. The van der Waals surface area contributed by atoms with Crippen LogP contribution in [0.1, 0.15) is 38.5 Å². The number of carbonyl (C=O) groups is 2. The van der Waals surface area contributed by atoms with Gasteiger partial charge in [0.15, 0.2) is 0 Å². The third-order valence-electron chi connectivity index (χ3n) is 4.83. The molecule has 11 heteroatoms.